The molecule has 0 saturated carbocycles. The fourth-order valence-electron chi connectivity index (χ4n) is 0.757. The summed E-state index contributed by atoms with van der Waals surface area (Å²) < 4.78 is 0. The molecule has 0 nitrogen and oxygen atoms in total. The molecule has 55 valence electrons. The molecule has 0 spiro atoms. The van der Waals surface area contributed by atoms with Crippen LogP contribution in [0.25, 0.3) is 0 Å². The van der Waals surface area contributed by atoms with Crippen molar-refractivity contribution >= 4 is 12.6 Å². The monoisotopic (exact) mass is 145 g/mol. The van der Waals surface area contributed by atoms with Gasteiger partial charge in [-0.3, -0.25) is 0 Å². The van der Waals surface area contributed by atoms with E-state index in [-0.39, 0.29) is 0 Å². The Kier molecular flexibility index (Phi) is 4.37. The predicted octanol–water partition coefficient (Wildman–Crippen LogP) is 3.40. The van der Waals surface area contributed by atoms with Crippen molar-refractivity contribution in [3.05, 3.63) is 0 Å². The summed E-state index contributed by atoms with van der Waals surface area (Å²) in [6, 6.07) is 0. The standard InChI is InChI=1S/C8H17S/c1-8(2,3)6-4-5-7-9/h4-7H2,1-3H3. The molecular weight excluding hydrogens is 128 g/mol. The summed E-state index contributed by atoms with van der Waals surface area (Å²) in [4.78, 5) is 0. The Morgan fingerprint density at radius 1 is 1.11 bits per heavy atom. The van der Waals surface area contributed by atoms with Gasteiger partial charge in [0.15, 0.2) is 0 Å². The Hall–Kier alpha value is 0.350. The van der Waals surface area contributed by atoms with Crippen molar-refractivity contribution in [3.63, 3.8) is 0 Å². The minimum absolute atomic E-state index is 0.504. The Morgan fingerprint density at radius 2 is 1.67 bits per heavy atom. The van der Waals surface area contributed by atoms with Gasteiger partial charge in [0.1, 0.15) is 0 Å². The molecule has 0 aliphatic carbocycles. The second-order valence-electron chi connectivity index (χ2n) is 3.72. The first-order chi connectivity index (χ1) is 4.06. The largest absolute Gasteiger partial charge is 0.0942 e. The van der Waals surface area contributed by atoms with Crippen LogP contribution >= 0.6 is 12.6 Å². The molecule has 1 heteroatoms. The highest BCUT2D eigenvalue weighted by molar-refractivity contribution is 7.80. The van der Waals surface area contributed by atoms with Crippen molar-refractivity contribution in [2.75, 3.05) is 5.75 Å². The van der Waals surface area contributed by atoms with Crippen molar-refractivity contribution in [1.29, 1.82) is 0 Å². The molecule has 0 unspecified atom stereocenters. The molecule has 0 rings (SSSR count). The minimum atomic E-state index is 0.504. The van der Waals surface area contributed by atoms with Crippen LogP contribution in [0.15, 0.2) is 0 Å². The summed E-state index contributed by atoms with van der Waals surface area (Å²) in [6.45, 7) is 6.82. The summed E-state index contributed by atoms with van der Waals surface area (Å²) in [5.74, 6) is 0.927. The van der Waals surface area contributed by atoms with Gasteiger partial charge in [-0.25, -0.2) is 0 Å². The van der Waals surface area contributed by atoms with Crippen LogP contribution in [0.4, 0.5) is 0 Å². The van der Waals surface area contributed by atoms with Gasteiger partial charge in [-0.2, -0.15) is 0 Å². The summed E-state index contributed by atoms with van der Waals surface area (Å²) in [6.07, 6.45) is 3.82. The van der Waals surface area contributed by atoms with Gasteiger partial charge in [0.05, 0.1) is 0 Å². The zero-order valence-corrected chi connectivity index (χ0v) is 7.55. The summed E-state index contributed by atoms with van der Waals surface area (Å²) in [5.41, 5.74) is 0.504. The molecule has 9 heavy (non-hydrogen) atoms. The Bertz CT molecular complexity index is 61.5. The molecule has 0 aromatic rings. The van der Waals surface area contributed by atoms with E-state index in [2.05, 4.69) is 20.8 Å². The van der Waals surface area contributed by atoms with Crippen LogP contribution < -0.4 is 0 Å². The first kappa shape index (κ1) is 9.35. The molecule has 0 atom stereocenters. The van der Waals surface area contributed by atoms with E-state index in [9.17, 15) is 0 Å². The van der Waals surface area contributed by atoms with Crippen LogP contribution in [0.2, 0.25) is 0 Å². The molecule has 0 aliphatic heterocycles. The zero-order valence-electron chi connectivity index (χ0n) is 6.74. The lowest BCUT2D eigenvalue weighted by Gasteiger charge is -2.16. The number of hydrogen-bond donors (Lipinski definition) is 0. The quantitative estimate of drug-likeness (QED) is 0.534. The fourth-order valence-corrected chi connectivity index (χ4v) is 0.962. The third kappa shape index (κ3) is 8.35. The highest BCUT2D eigenvalue weighted by Crippen LogP contribution is 2.21. The normalized spacial score (nSPS) is 12.0. The van der Waals surface area contributed by atoms with Crippen LogP contribution in [-0.2, 0) is 0 Å². The summed E-state index contributed by atoms with van der Waals surface area (Å²) in [5, 5.41) is 0. The third-order valence-corrected chi connectivity index (χ3v) is 1.61. The zero-order chi connectivity index (χ0) is 7.33. The molecule has 0 aromatic carbocycles. The number of unbranched alkanes of at least 4 members (excludes halogenated alkanes) is 1. The SMILES string of the molecule is CC(C)(C)CCCC[S]. The summed E-state index contributed by atoms with van der Waals surface area (Å²) >= 11 is 4.84. The maximum Gasteiger partial charge on any atom is 0.00369 e. The van der Waals surface area contributed by atoms with E-state index < -0.39 is 0 Å². The van der Waals surface area contributed by atoms with Crippen LogP contribution in [0.3, 0.4) is 0 Å². The van der Waals surface area contributed by atoms with Gasteiger partial charge < -0.3 is 0 Å². The highest BCUT2D eigenvalue weighted by atomic mass is 32.1. The van der Waals surface area contributed by atoms with Crippen molar-refractivity contribution in [2.45, 2.75) is 40.0 Å². The van der Waals surface area contributed by atoms with Gasteiger partial charge in [-0.05, 0) is 18.3 Å². The Labute approximate surface area is 64.4 Å². The van der Waals surface area contributed by atoms with Gasteiger partial charge in [-0.15, -0.1) is 0 Å². The summed E-state index contributed by atoms with van der Waals surface area (Å²) in [7, 11) is 0. The van der Waals surface area contributed by atoms with Gasteiger partial charge in [0, 0.05) is 5.75 Å². The van der Waals surface area contributed by atoms with Gasteiger partial charge in [-0.1, -0.05) is 39.8 Å². The molecule has 0 N–H and O–H groups in total. The molecule has 1 radical (unpaired) electrons. The highest BCUT2D eigenvalue weighted by Gasteiger charge is 2.07. The van der Waals surface area contributed by atoms with E-state index in [0.717, 1.165) is 5.75 Å². The second kappa shape index (κ2) is 4.21. The lowest BCUT2D eigenvalue weighted by Crippen LogP contribution is -2.03. The van der Waals surface area contributed by atoms with E-state index in [1.165, 1.54) is 19.3 Å². The van der Waals surface area contributed by atoms with Crippen LogP contribution in [0.5, 0.6) is 0 Å². The van der Waals surface area contributed by atoms with Crippen molar-refractivity contribution in [1.82, 2.24) is 0 Å². The van der Waals surface area contributed by atoms with Gasteiger partial charge in [0.25, 0.3) is 0 Å². The van der Waals surface area contributed by atoms with Gasteiger partial charge in [0.2, 0.25) is 0 Å². The molecular formula is C8H17S. The molecule has 0 amide bonds. The third-order valence-electron chi connectivity index (χ3n) is 1.32. The van der Waals surface area contributed by atoms with Crippen LogP contribution in [0, 0.1) is 5.41 Å². The van der Waals surface area contributed by atoms with E-state index in [1.807, 2.05) is 0 Å². The topological polar surface area (TPSA) is 0 Å². The van der Waals surface area contributed by atoms with Crippen LogP contribution in [-0.4, -0.2) is 5.75 Å². The van der Waals surface area contributed by atoms with Crippen LogP contribution in [0.1, 0.15) is 40.0 Å². The van der Waals surface area contributed by atoms with Gasteiger partial charge >= 0.3 is 0 Å². The molecule has 0 saturated heterocycles. The van der Waals surface area contributed by atoms with Crippen molar-refractivity contribution in [3.8, 4) is 0 Å². The molecule has 0 bridgehead atoms. The Balaban J connectivity index is 3.07. The van der Waals surface area contributed by atoms with E-state index in [1.54, 1.807) is 0 Å². The number of hydrogen-bond acceptors (Lipinski definition) is 0. The average molecular weight is 145 g/mol. The van der Waals surface area contributed by atoms with Crippen molar-refractivity contribution in [2.24, 2.45) is 5.41 Å². The number of rotatable bonds is 3. The molecule has 0 aromatic heterocycles. The van der Waals surface area contributed by atoms with E-state index in [0.29, 0.717) is 5.41 Å². The second-order valence-corrected chi connectivity index (χ2v) is 4.13. The molecule has 0 fully saturated rings. The average Bonchev–Trinajstić information content (AvgIpc) is 1.63. The molecule has 0 aliphatic rings. The van der Waals surface area contributed by atoms with E-state index >= 15 is 0 Å². The maximum absolute atomic E-state index is 4.84. The van der Waals surface area contributed by atoms with E-state index in [4.69, 9.17) is 12.6 Å². The molecule has 0 heterocycles. The fraction of sp³-hybridized carbons (Fsp3) is 1.00. The minimum Gasteiger partial charge on any atom is -0.0942 e. The lowest BCUT2D eigenvalue weighted by atomic mass is 9.90. The first-order valence-corrected chi connectivity index (χ1v) is 4.22. The lowest BCUT2D eigenvalue weighted by molar-refractivity contribution is 0.364. The van der Waals surface area contributed by atoms with Crippen molar-refractivity contribution < 1.29 is 0 Å². The smallest absolute Gasteiger partial charge is 0.00369 e. The first-order valence-electron chi connectivity index (χ1n) is 3.64. The Morgan fingerprint density at radius 3 is 2.00 bits per heavy atom. The predicted molar refractivity (Wildman–Crippen MR) is 45.8 cm³/mol. The maximum atomic E-state index is 4.84.